The van der Waals surface area contributed by atoms with Gasteiger partial charge in [-0.1, -0.05) is 42.5 Å². The number of amides is 1. The maximum absolute atomic E-state index is 13.3. The monoisotopic (exact) mass is 378 g/mol. The Bertz CT molecular complexity index is 925. The van der Waals surface area contributed by atoms with Gasteiger partial charge in [0, 0.05) is 12.2 Å². The number of anilines is 1. The summed E-state index contributed by atoms with van der Waals surface area (Å²) in [5.41, 5.74) is 3.74. The molecule has 1 heterocycles. The van der Waals surface area contributed by atoms with Gasteiger partial charge in [-0.05, 0) is 53.4 Å². The molecule has 0 aliphatic carbocycles. The van der Waals surface area contributed by atoms with Gasteiger partial charge in [0.25, 0.3) is 0 Å². The van der Waals surface area contributed by atoms with Crippen LogP contribution in [0.15, 0.2) is 72.8 Å². The van der Waals surface area contributed by atoms with E-state index >= 15 is 0 Å². The quantitative estimate of drug-likeness (QED) is 0.721. The van der Waals surface area contributed by atoms with Crippen LogP contribution in [0.4, 0.5) is 14.5 Å². The van der Waals surface area contributed by atoms with Crippen LogP contribution in [0.5, 0.6) is 0 Å². The highest BCUT2D eigenvalue weighted by Crippen LogP contribution is 2.28. The van der Waals surface area contributed by atoms with Crippen molar-refractivity contribution in [2.45, 2.75) is 12.5 Å². The molecule has 1 amide bonds. The van der Waals surface area contributed by atoms with E-state index in [1.54, 1.807) is 29.2 Å². The number of para-hydroxylation sites is 1. The Kier molecular flexibility index (Phi) is 5.17. The van der Waals surface area contributed by atoms with Crippen LogP contribution in [0, 0.1) is 11.6 Å². The molecule has 0 fully saturated rings. The number of nitrogens with one attached hydrogen (secondary N) is 1. The molecular formula is C23H20F2N2O. The summed E-state index contributed by atoms with van der Waals surface area (Å²) in [6.45, 7) is 0.783. The highest BCUT2D eigenvalue weighted by molar-refractivity contribution is 5.96. The van der Waals surface area contributed by atoms with E-state index in [9.17, 15) is 13.6 Å². The molecular weight excluding hydrogens is 358 g/mol. The van der Waals surface area contributed by atoms with Crippen molar-refractivity contribution >= 4 is 11.6 Å². The predicted octanol–water partition coefficient (Wildman–Crippen LogP) is 4.23. The number of carbonyl (C=O) groups is 1. The van der Waals surface area contributed by atoms with Crippen molar-refractivity contribution in [3.63, 3.8) is 0 Å². The first kappa shape index (κ1) is 18.3. The summed E-state index contributed by atoms with van der Waals surface area (Å²) in [5, 5.41) is 3.26. The van der Waals surface area contributed by atoms with Crippen molar-refractivity contribution in [2.75, 3.05) is 18.0 Å². The smallest absolute Gasteiger partial charge is 0.240 e. The minimum Gasteiger partial charge on any atom is -0.311 e. The van der Waals surface area contributed by atoms with Gasteiger partial charge < -0.3 is 4.90 Å². The van der Waals surface area contributed by atoms with Crippen LogP contribution in [0.1, 0.15) is 22.7 Å². The molecule has 4 rings (SSSR count). The molecule has 0 radical (unpaired) electrons. The summed E-state index contributed by atoms with van der Waals surface area (Å²) in [7, 11) is 0. The Balaban J connectivity index is 1.54. The van der Waals surface area contributed by atoms with Crippen LogP contribution in [0.2, 0.25) is 0 Å². The summed E-state index contributed by atoms with van der Waals surface area (Å²) in [5.74, 6) is -0.683. The number of rotatable bonds is 5. The molecule has 0 saturated heterocycles. The highest BCUT2D eigenvalue weighted by Gasteiger charge is 2.25. The van der Waals surface area contributed by atoms with E-state index in [0.717, 1.165) is 23.2 Å². The summed E-state index contributed by atoms with van der Waals surface area (Å²) in [6, 6.07) is 19.8. The molecule has 0 atom stereocenters. The predicted molar refractivity (Wildman–Crippen MR) is 105 cm³/mol. The van der Waals surface area contributed by atoms with E-state index < -0.39 is 0 Å². The summed E-state index contributed by atoms with van der Waals surface area (Å²) in [6.07, 6.45) is 0.848. The Morgan fingerprint density at radius 3 is 2.07 bits per heavy atom. The number of halogens is 2. The fourth-order valence-electron chi connectivity index (χ4n) is 3.62. The third-order valence-electron chi connectivity index (χ3n) is 5.05. The third-order valence-corrected chi connectivity index (χ3v) is 5.05. The van der Waals surface area contributed by atoms with E-state index in [-0.39, 0.29) is 30.1 Å². The van der Waals surface area contributed by atoms with Crippen LogP contribution >= 0.6 is 0 Å². The minimum absolute atomic E-state index is 0.0285. The van der Waals surface area contributed by atoms with Gasteiger partial charge in [0.1, 0.15) is 11.6 Å². The fraction of sp³-hybridized carbons (Fsp3) is 0.174. The lowest BCUT2D eigenvalue weighted by molar-refractivity contribution is -0.117. The van der Waals surface area contributed by atoms with E-state index in [0.29, 0.717) is 6.54 Å². The number of hydrogen-bond donors (Lipinski definition) is 1. The topological polar surface area (TPSA) is 32.3 Å². The molecule has 3 aromatic rings. The van der Waals surface area contributed by atoms with Gasteiger partial charge in [-0.25, -0.2) is 8.78 Å². The molecule has 1 aliphatic rings. The molecule has 0 bridgehead atoms. The molecule has 0 saturated carbocycles. The first-order valence-corrected chi connectivity index (χ1v) is 9.24. The highest BCUT2D eigenvalue weighted by atomic mass is 19.1. The van der Waals surface area contributed by atoms with Gasteiger partial charge in [0.05, 0.1) is 12.6 Å². The van der Waals surface area contributed by atoms with Crippen molar-refractivity contribution in [1.29, 1.82) is 0 Å². The fourth-order valence-corrected chi connectivity index (χ4v) is 3.62. The van der Waals surface area contributed by atoms with Crippen LogP contribution < -0.4 is 10.2 Å². The van der Waals surface area contributed by atoms with Gasteiger partial charge in [-0.3, -0.25) is 10.1 Å². The normalized spacial score (nSPS) is 13.0. The number of fused-ring (bicyclic) bond motifs is 1. The molecule has 3 nitrogen and oxygen atoms in total. The Morgan fingerprint density at radius 2 is 1.46 bits per heavy atom. The Morgan fingerprint density at radius 1 is 0.893 bits per heavy atom. The van der Waals surface area contributed by atoms with E-state index in [1.807, 2.05) is 24.3 Å². The van der Waals surface area contributed by atoms with Crippen molar-refractivity contribution in [1.82, 2.24) is 5.32 Å². The largest absolute Gasteiger partial charge is 0.311 e. The molecule has 1 aliphatic heterocycles. The Hall–Kier alpha value is -3.05. The maximum Gasteiger partial charge on any atom is 0.240 e. The molecule has 142 valence electrons. The van der Waals surface area contributed by atoms with Gasteiger partial charge in [-0.2, -0.15) is 0 Å². The average molecular weight is 378 g/mol. The van der Waals surface area contributed by atoms with Crippen molar-refractivity contribution < 1.29 is 13.6 Å². The molecule has 0 spiro atoms. The van der Waals surface area contributed by atoms with Crippen LogP contribution in [-0.2, 0) is 11.2 Å². The molecule has 1 N–H and O–H groups in total. The summed E-state index contributed by atoms with van der Waals surface area (Å²) < 4.78 is 26.7. The summed E-state index contributed by atoms with van der Waals surface area (Å²) >= 11 is 0. The van der Waals surface area contributed by atoms with E-state index in [2.05, 4.69) is 5.32 Å². The Labute approximate surface area is 162 Å². The minimum atomic E-state index is -0.344. The molecule has 5 heteroatoms. The zero-order valence-electron chi connectivity index (χ0n) is 15.2. The SMILES string of the molecule is O=C(CNC(c1ccc(F)cc1)c1ccc(F)cc1)N1CCc2ccccc21. The van der Waals surface area contributed by atoms with Crippen molar-refractivity contribution in [3.8, 4) is 0 Å². The molecule has 0 aromatic heterocycles. The van der Waals surface area contributed by atoms with Gasteiger partial charge in [0.2, 0.25) is 5.91 Å². The van der Waals surface area contributed by atoms with Gasteiger partial charge >= 0.3 is 0 Å². The van der Waals surface area contributed by atoms with E-state index in [1.165, 1.54) is 29.8 Å². The zero-order chi connectivity index (χ0) is 19.5. The lowest BCUT2D eigenvalue weighted by atomic mass is 9.98. The van der Waals surface area contributed by atoms with Crippen molar-refractivity contribution in [2.24, 2.45) is 0 Å². The number of nitrogens with zero attached hydrogens (tertiary/aromatic N) is 1. The van der Waals surface area contributed by atoms with E-state index in [4.69, 9.17) is 0 Å². The van der Waals surface area contributed by atoms with Gasteiger partial charge in [0.15, 0.2) is 0 Å². The second kappa shape index (κ2) is 7.90. The van der Waals surface area contributed by atoms with Gasteiger partial charge in [-0.15, -0.1) is 0 Å². The number of carbonyl (C=O) groups excluding carboxylic acids is 1. The first-order valence-electron chi connectivity index (χ1n) is 9.24. The average Bonchev–Trinajstić information content (AvgIpc) is 3.15. The number of benzene rings is 3. The molecule has 0 unspecified atom stereocenters. The third kappa shape index (κ3) is 3.80. The summed E-state index contributed by atoms with van der Waals surface area (Å²) in [4.78, 5) is 14.6. The molecule has 28 heavy (non-hydrogen) atoms. The maximum atomic E-state index is 13.3. The van der Waals surface area contributed by atoms with Crippen molar-refractivity contribution in [3.05, 3.63) is 101 Å². The first-order chi connectivity index (χ1) is 13.6. The number of hydrogen-bond acceptors (Lipinski definition) is 2. The lowest BCUT2D eigenvalue weighted by Crippen LogP contribution is -2.38. The molecule has 3 aromatic carbocycles. The second-order valence-corrected chi connectivity index (χ2v) is 6.84. The van der Waals surface area contributed by atoms with Crippen LogP contribution in [0.25, 0.3) is 0 Å². The van der Waals surface area contributed by atoms with Crippen LogP contribution in [-0.4, -0.2) is 19.0 Å². The zero-order valence-corrected chi connectivity index (χ0v) is 15.2. The van der Waals surface area contributed by atoms with Crippen LogP contribution in [0.3, 0.4) is 0 Å². The standard InChI is InChI=1S/C23H20F2N2O/c24-19-9-5-17(6-10-19)23(18-7-11-20(25)12-8-18)26-15-22(28)27-14-13-16-3-1-2-4-21(16)27/h1-12,23,26H,13-15H2. The second-order valence-electron chi connectivity index (χ2n) is 6.84. The lowest BCUT2D eigenvalue weighted by Gasteiger charge is -2.23.